The van der Waals surface area contributed by atoms with Crippen molar-refractivity contribution in [1.29, 1.82) is 0 Å². The largest absolute Gasteiger partial charge is 0.375 e. The van der Waals surface area contributed by atoms with E-state index in [4.69, 9.17) is 4.74 Å². The summed E-state index contributed by atoms with van der Waals surface area (Å²) in [4.78, 5) is 5.15. The highest BCUT2D eigenvalue weighted by atomic mass is 32.1. The van der Waals surface area contributed by atoms with E-state index < -0.39 is 0 Å². The van der Waals surface area contributed by atoms with Crippen LogP contribution >= 0.6 is 11.3 Å². The van der Waals surface area contributed by atoms with Crippen molar-refractivity contribution in [1.82, 2.24) is 10.2 Å². The number of hydrogen-bond donors (Lipinski definition) is 1. The fraction of sp³-hybridized carbons (Fsp3) is 0.733. The van der Waals surface area contributed by atoms with Crippen molar-refractivity contribution in [2.75, 3.05) is 26.7 Å². The normalized spacial score (nSPS) is 15.3. The molecule has 0 atom stereocenters. The molecule has 0 aromatic carbocycles. The third-order valence-electron chi connectivity index (χ3n) is 3.45. The van der Waals surface area contributed by atoms with Gasteiger partial charge in [-0.1, -0.05) is 6.92 Å². The molecule has 0 aliphatic heterocycles. The second-order valence-corrected chi connectivity index (χ2v) is 6.56. The number of nitrogens with zero attached hydrogens (tertiary/aromatic N) is 1. The number of likely N-dealkylation sites (N-methyl/N-ethyl adjacent to an activating group) is 1. The quantitative estimate of drug-likeness (QED) is 0.668. The van der Waals surface area contributed by atoms with Crippen molar-refractivity contribution in [3.63, 3.8) is 0 Å². The molecule has 108 valence electrons. The van der Waals surface area contributed by atoms with Gasteiger partial charge in [0.25, 0.3) is 0 Å². The van der Waals surface area contributed by atoms with Gasteiger partial charge in [0.1, 0.15) is 0 Å². The highest BCUT2D eigenvalue weighted by molar-refractivity contribution is 7.11. The maximum atomic E-state index is 5.76. The maximum Gasteiger partial charge on any atom is 0.0810 e. The third kappa shape index (κ3) is 5.61. The Morgan fingerprint density at radius 2 is 2.16 bits per heavy atom. The van der Waals surface area contributed by atoms with E-state index in [0.717, 1.165) is 38.9 Å². The molecule has 4 heteroatoms. The number of ether oxygens (including phenoxy) is 1. The summed E-state index contributed by atoms with van der Waals surface area (Å²) in [5.41, 5.74) is 0. The molecular weight excluding hydrogens is 256 g/mol. The first kappa shape index (κ1) is 15.0. The molecule has 1 heterocycles. The second kappa shape index (κ2) is 8.00. The highest BCUT2D eigenvalue weighted by Gasteiger charge is 2.25. The van der Waals surface area contributed by atoms with Crippen LogP contribution in [-0.4, -0.2) is 37.7 Å². The van der Waals surface area contributed by atoms with E-state index >= 15 is 0 Å². The smallest absolute Gasteiger partial charge is 0.0810 e. The number of hydrogen-bond acceptors (Lipinski definition) is 4. The van der Waals surface area contributed by atoms with E-state index in [0.29, 0.717) is 0 Å². The van der Waals surface area contributed by atoms with E-state index in [1.54, 1.807) is 0 Å². The molecule has 0 amide bonds. The lowest BCUT2D eigenvalue weighted by Gasteiger charge is -2.14. The van der Waals surface area contributed by atoms with Crippen LogP contribution in [0.15, 0.2) is 12.1 Å². The summed E-state index contributed by atoms with van der Waals surface area (Å²) in [5, 5.41) is 3.43. The minimum Gasteiger partial charge on any atom is -0.375 e. The van der Waals surface area contributed by atoms with Gasteiger partial charge in [-0.05, 0) is 45.0 Å². The van der Waals surface area contributed by atoms with Crippen LogP contribution in [0.4, 0.5) is 0 Å². The minimum absolute atomic E-state index is 0.761. The molecule has 2 rings (SSSR count). The van der Waals surface area contributed by atoms with Gasteiger partial charge in [-0.25, -0.2) is 0 Å². The van der Waals surface area contributed by atoms with Crippen molar-refractivity contribution >= 4 is 11.3 Å². The molecule has 1 fully saturated rings. The molecule has 1 aromatic rings. The summed E-state index contributed by atoms with van der Waals surface area (Å²) >= 11 is 1.86. The van der Waals surface area contributed by atoms with Gasteiger partial charge in [-0.3, -0.25) is 0 Å². The molecule has 0 saturated heterocycles. The molecule has 0 bridgehead atoms. The fourth-order valence-electron chi connectivity index (χ4n) is 2.06. The van der Waals surface area contributed by atoms with E-state index in [1.807, 2.05) is 11.3 Å². The SMILES string of the molecule is CCCNCc1ccc(COCCN(C)C2CC2)s1. The van der Waals surface area contributed by atoms with Crippen molar-refractivity contribution in [2.45, 2.75) is 45.4 Å². The molecule has 19 heavy (non-hydrogen) atoms. The molecule has 1 aliphatic carbocycles. The minimum atomic E-state index is 0.761. The predicted molar refractivity (Wildman–Crippen MR) is 81.6 cm³/mol. The van der Waals surface area contributed by atoms with Crippen LogP contribution in [-0.2, 0) is 17.9 Å². The van der Waals surface area contributed by atoms with Crippen LogP contribution in [0.25, 0.3) is 0 Å². The predicted octanol–water partition coefficient (Wildman–Crippen LogP) is 2.86. The van der Waals surface area contributed by atoms with Gasteiger partial charge in [0.15, 0.2) is 0 Å². The summed E-state index contributed by atoms with van der Waals surface area (Å²) in [6.07, 6.45) is 3.93. The van der Waals surface area contributed by atoms with Crippen molar-refractivity contribution < 1.29 is 4.74 Å². The van der Waals surface area contributed by atoms with E-state index in [9.17, 15) is 0 Å². The Balaban J connectivity index is 1.57. The lowest BCUT2D eigenvalue weighted by atomic mass is 10.4. The van der Waals surface area contributed by atoms with Crippen molar-refractivity contribution in [3.8, 4) is 0 Å². The lowest BCUT2D eigenvalue weighted by Crippen LogP contribution is -2.25. The van der Waals surface area contributed by atoms with E-state index in [1.165, 1.54) is 29.0 Å². The van der Waals surface area contributed by atoms with E-state index in [2.05, 4.69) is 36.3 Å². The first-order chi connectivity index (χ1) is 9.29. The highest BCUT2D eigenvalue weighted by Crippen LogP contribution is 2.24. The fourth-order valence-corrected chi connectivity index (χ4v) is 2.99. The number of nitrogens with one attached hydrogen (secondary N) is 1. The zero-order valence-electron chi connectivity index (χ0n) is 12.2. The Hall–Kier alpha value is -0.420. The second-order valence-electron chi connectivity index (χ2n) is 5.31. The summed E-state index contributed by atoms with van der Waals surface area (Å²) in [5.74, 6) is 0. The van der Waals surface area contributed by atoms with Gasteiger partial charge < -0.3 is 15.0 Å². The summed E-state index contributed by atoms with van der Waals surface area (Å²) in [7, 11) is 2.20. The molecule has 0 unspecified atom stereocenters. The van der Waals surface area contributed by atoms with Crippen LogP contribution in [0.5, 0.6) is 0 Å². The maximum absolute atomic E-state index is 5.76. The molecular formula is C15H26N2OS. The molecule has 1 saturated carbocycles. The van der Waals surface area contributed by atoms with Crippen LogP contribution in [0.2, 0.25) is 0 Å². The zero-order chi connectivity index (χ0) is 13.5. The van der Waals surface area contributed by atoms with Crippen LogP contribution in [0.1, 0.15) is 35.9 Å². The van der Waals surface area contributed by atoms with Crippen LogP contribution in [0.3, 0.4) is 0 Å². The summed E-state index contributed by atoms with van der Waals surface area (Å²) in [6.45, 7) is 6.94. The van der Waals surface area contributed by atoms with Crippen molar-refractivity contribution in [3.05, 3.63) is 21.9 Å². The van der Waals surface area contributed by atoms with Gasteiger partial charge >= 0.3 is 0 Å². The molecule has 0 radical (unpaired) electrons. The van der Waals surface area contributed by atoms with Crippen molar-refractivity contribution in [2.24, 2.45) is 0 Å². The first-order valence-electron chi connectivity index (χ1n) is 7.36. The van der Waals surface area contributed by atoms with Gasteiger partial charge in [0.2, 0.25) is 0 Å². The number of rotatable bonds is 10. The average molecular weight is 282 g/mol. The van der Waals surface area contributed by atoms with Gasteiger partial charge in [0.05, 0.1) is 13.2 Å². The third-order valence-corrected chi connectivity index (χ3v) is 4.50. The standard InChI is InChI=1S/C15H26N2OS/c1-3-8-16-11-14-6-7-15(19-14)12-18-10-9-17(2)13-4-5-13/h6-7,13,16H,3-5,8-12H2,1-2H3. The Labute approximate surface area is 121 Å². The lowest BCUT2D eigenvalue weighted by molar-refractivity contribution is 0.0995. The topological polar surface area (TPSA) is 24.5 Å². The zero-order valence-corrected chi connectivity index (χ0v) is 13.0. The molecule has 3 nitrogen and oxygen atoms in total. The van der Waals surface area contributed by atoms with Crippen LogP contribution < -0.4 is 5.32 Å². The molecule has 1 N–H and O–H groups in total. The Morgan fingerprint density at radius 3 is 2.89 bits per heavy atom. The molecule has 0 spiro atoms. The van der Waals surface area contributed by atoms with E-state index in [-0.39, 0.29) is 0 Å². The van der Waals surface area contributed by atoms with Crippen LogP contribution in [0, 0.1) is 0 Å². The van der Waals surface area contributed by atoms with Gasteiger partial charge in [-0.15, -0.1) is 11.3 Å². The Morgan fingerprint density at radius 1 is 1.37 bits per heavy atom. The average Bonchev–Trinajstić information content (AvgIpc) is 3.17. The number of thiophene rings is 1. The monoisotopic (exact) mass is 282 g/mol. The Kier molecular flexibility index (Phi) is 6.31. The molecule has 1 aliphatic rings. The first-order valence-corrected chi connectivity index (χ1v) is 8.17. The molecule has 1 aromatic heterocycles. The Bertz CT molecular complexity index is 363. The van der Waals surface area contributed by atoms with Gasteiger partial charge in [0, 0.05) is 28.9 Å². The van der Waals surface area contributed by atoms with Gasteiger partial charge in [-0.2, -0.15) is 0 Å². The summed E-state index contributed by atoms with van der Waals surface area (Å²) in [6, 6.07) is 5.24. The summed E-state index contributed by atoms with van der Waals surface area (Å²) < 4.78 is 5.76.